The van der Waals surface area contributed by atoms with Crippen molar-refractivity contribution >= 4 is 17.6 Å². The standard InChI is InChI=1S/C13H13NO4/c1-2-8-18-11-5-3-4-10(9-11)14-12(15)6-7-13(16)17/h2-7,9H,1,8H2,(H,14,15)(H,16,17)/b7-6-. The van der Waals surface area contributed by atoms with Gasteiger partial charge >= 0.3 is 5.97 Å². The normalized spacial score (nSPS) is 10.0. The molecule has 0 spiro atoms. The number of rotatable bonds is 6. The topological polar surface area (TPSA) is 75.6 Å². The molecule has 0 bridgehead atoms. The number of nitrogens with one attached hydrogen (secondary N) is 1. The zero-order chi connectivity index (χ0) is 13.4. The van der Waals surface area contributed by atoms with E-state index in [9.17, 15) is 9.59 Å². The summed E-state index contributed by atoms with van der Waals surface area (Å²) in [6, 6.07) is 6.77. The van der Waals surface area contributed by atoms with Gasteiger partial charge in [0.2, 0.25) is 5.91 Å². The van der Waals surface area contributed by atoms with Crippen molar-refractivity contribution in [3.8, 4) is 5.75 Å². The average Bonchev–Trinajstić information content (AvgIpc) is 2.34. The molecule has 0 fully saturated rings. The Kier molecular flexibility index (Phi) is 5.18. The van der Waals surface area contributed by atoms with Gasteiger partial charge in [-0.2, -0.15) is 0 Å². The zero-order valence-corrected chi connectivity index (χ0v) is 9.63. The molecule has 0 aliphatic carbocycles. The van der Waals surface area contributed by atoms with Gasteiger partial charge in [0.15, 0.2) is 0 Å². The Balaban J connectivity index is 2.64. The fourth-order valence-corrected chi connectivity index (χ4v) is 1.15. The minimum absolute atomic E-state index is 0.371. The molecule has 0 saturated carbocycles. The van der Waals surface area contributed by atoms with Crippen LogP contribution in [0, 0.1) is 0 Å². The maximum absolute atomic E-state index is 11.3. The van der Waals surface area contributed by atoms with Gasteiger partial charge < -0.3 is 15.2 Å². The lowest BCUT2D eigenvalue weighted by atomic mass is 10.3. The van der Waals surface area contributed by atoms with Crippen LogP contribution in [-0.2, 0) is 9.59 Å². The Labute approximate surface area is 104 Å². The van der Waals surface area contributed by atoms with Crippen LogP contribution in [0.5, 0.6) is 5.75 Å². The maximum Gasteiger partial charge on any atom is 0.328 e. The number of carbonyl (C=O) groups is 2. The third-order valence-corrected chi connectivity index (χ3v) is 1.85. The molecular weight excluding hydrogens is 234 g/mol. The van der Waals surface area contributed by atoms with Crippen molar-refractivity contribution in [2.24, 2.45) is 0 Å². The van der Waals surface area contributed by atoms with Crippen molar-refractivity contribution in [1.29, 1.82) is 0 Å². The molecule has 0 heterocycles. The van der Waals surface area contributed by atoms with Crippen LogP contribution in [0.4, 0.5) is 5.69 Å². The van der Waals surface area contributed by atoms with Crippen molar-refractivity contribution in [3.05, 3.63) is 49.1 Å². The van der Waals surface area contributed by atoms with E-state index in [-0.39, 0.29) is 0 Å². The number of benzene rings is 1. The minimum atomic E-state index is -1.17. The van der Waals surface area contributed by atoms with Crippen molar-refractivity contribution in [2.75, 3.05) is 11.9 Å². The highest BCUT2D eigenvalue weighted by Crippen LogP contribution is 2.17. The van der Waals surface area contributed by atoms with Crippen molar-refractivity contribution < 1.29 is 19.4 Å². The lowest BCUT2D eigenvalue weighted by Gasteiger charge is -2.06. The molecule has 5 nitrogen and oxygen atoms in total. The Morgan fingerprint density at radius 3 is 2.83 bits per heavy atom. The third kappa shape index (κ3) is 4.98. The molecule has 5 heteroatoms. The van der Waals surface area contributed by atoms with Crippen LogP contribution in [-0.4, -0.2) is 23.6 Å². The van der Waals surface area contributed by atoms with Crippen LogP contribution in [0.15, 0.2) is 49.1 Å². The number of ether oxygens (including phenoxy) is 1. The average molecular weight is 247 g/mol. The van der Waals surface area contributed by atoms with Crippen molar-refractivity contribution in [2.45, 2.75) is 0 Å². The Bertz CT molecular complexity index is 480. The van der Waals surface area contributed by atoms with Crippen LogP contribution in [0.1, 0.15) is 0 Å². The van der Waals surface area contributed by atoms with Gasteiger partial charge in [0.05, 0.1) is 0 Å². The van der Waals surface area contributed by atoms with E-state index in [1.165, 1.54) is 0 Å². The molecule has 1 aromatic carbocycles. The lowest BCUT2D eigenvalue weighted by Crippen LogP contribution is -2.08. The van der Waals surface area contributed by atoms with Gasteiger partial charge in [-0.25, -0.2) is 4.79 Å². The summed E-state index contributed by atoms with van der Waals surface area (Å²) in [5.41, 5.74) is 0.525. The van der Waals surface area contributed by atoms with Crippen LogP contribution in [0.2, 0.25) is 0 Å². The first-order valence-electron chi connectivity index (χ1n) is 5.17. The number of carboxylic acid groups (broad SMARTS) is 1. The maximum atomic E-state index is 11.3. The summed E-state index contributed by atoms with van der Waals surface area (Å²) < 4.78 is 5.29. The third-order valence-electron chi connectivity index (χ3n) is 1.85. The smallest absolute Gasteiger partial charge is 0.328 e. The zero-order valence-electron chi connectivity index (χ0n) is 9.63. The van der Waals surface area contributed by atoms with E-state index in [1.54, 1.807) is 30.3 Å². The number of carbonyl (C=O) groups excluding carboxylic acids is 1. The molecule has 0 atom stereocenters. The molecule has 0 aromatic heterocycles. The summed E-state index contributed by atoms with van der Waals surface area (Å²) in [5, 5.41) is 10.9. The van der Waals surface area contributed by atoms with Crippen LogP contribution < -0.4 is 10.1 Å². The number of hydrogen-bond acceptors (Lipinski definition) is 3. The van der Waals surface area contributed by atoms with Gasteiger partial charge in [0, 0.05) is 23.9 Å². The molecule has 0 radical (unpaired) electrons. The molecule has 94 valence electrons. The number of carboxylic acids is 1. The van der Waals surface area contributed by atoms with E-state index in [0.29, 0.717) is 18.0 Å². The molecule has 0 unspecified atom stereocenters. The predicted molar refractivity (Wildman–Crippen MR) is 67.5 cm³/mol. The second-order valence-corrected chi connectivity index (χ2v) is 3.29. The van der Waals surface area contributed by atoms with Crippen LogP contribution >= 0.6 is 0 Å². The van der Waals surface area contributed by atoms with E-state index in [2.05, 4.69) is 11.9 Å². The predicted octanol–water partition coefficient (Wildman–Crippen LogP) is 1.83. The number of anilines is 1. The molecular formula is C13H13NO4. The highest BCUT2D eigenvalue weighted by atomic mass is 16.5. The molecule has 0 aliphatic heterocycles. The first kappa shape index (κ1) is 13.5. The fourth-order valence-electron chi connectivity index (χ4n) is 1.15. The Hall–Kier alpha value is -2.56. The molecule has 2 N–H and O–H groups in total. The quantitative estimate of drug-likeness (QED) is 0.594. The lowest BCUT2D eigenvalue weighted by molar-refractivity contribution is -0.131. The largest absolute Gasteiger partial charge is 0.489 e. The molecule has 0 saturated heterocycles. The van der Waals surface area contributed by atoms with Gasteiger partial charge in [0.25, 0.3) is 0 Å². The van der Waals surface area contributed by atoms with Gasteiger partial charge in [-0.05, 0) is 12.1 Å². The number of hydrogen-bond donors (Lipinski definition) is 2. The summed E-state index contributed by atoms with van der Waals surface area (Å²) >= 11 is 0. The first-order valence-corrected chi connectivity index (χ1v) is 5.17. The second-order valence-electron chi connectivity index (χ2n) is 3.29. The SMILES string of the molecule is C=CCOc1cccc(NC(=O)/C=C\C(=O)O)c1. The number of aliphatic carboxylic acids is 1. The Morgan fingerprint density at radius 1 is 1.39 bits per heavy atom. The van der Waals surface area contributed by atoms with Crippen molar-refractivity contribution in [1.82, 2.24) is 0 Å². The molecule has 18 heavy (non-hydrogen) atoms. The molecule has 1 rings (SSSR count). The molecule has 0 aliphatic rings. The molecule has 1 aromatic rings. The monoisotopic (exact) mass is 247 g/mol. The van der Waals surface area contributed by atoms with E-state index < -0.39 is 11.9 Å². The highest BCUT2D eigenvalue weighted by Gasteiger charge is 2.00. The molecule has 1 amide bonds. The summed E-state index contributed by atoms with van der Waals surface area (Å²) in [4.78, 5) is 21.6. The van der Waals surface area contributed by atoms with E-state index in [4.69, 9.17) is 9.84 Å². The first-order chi connectivity index (χ1) is 8.61. The van der Waals surface area contributed by atoms with Gasteiger partial charge in [-0.3, -0.25) is 4.79 Å². The van der Waals surface area contributed by atoms with Gasteiger partial charge in [-0.1, -0.05) is 18.7 Å². The summed E-state index contributed by atoms with van der Waals surface area (Å²) in [6.45, 7) is 3.90. The Morgan fingerprint density at radius 2 is 2.17 bits per heavy atom. The van der Waals surface area contributed by atoms with Crippen LogP contribution in [0.25, 0.3) is 0 Å². The second kappa shape index (κ2) is 6.90. The summed E-state index contributed by atoms with van der Waals surface area (Å²) in [6.07, 6.45) is 3.33. The summed E-state index contributed by atoms with van der Waals surface area (Å²) in [7, 11) is 0. The highest BCUT2D eigenvalue weighted by molar-refractivity contribution is 6.02. The fraction of sp³-hybridized carbons (Fsp3) is 0.0769. The van der Waals surface area contributed by atoms with E-state index in [1.807, 2.05) is 0 Å². The minimum Gasteiger partial charge on any atom is -0.489 e. The van der Waals surface area contributed by atoms with Gasteiger partial charge in [-0.15, -0.1) is 0 Å². The number of amides is 1. The van der Waals surface area contributed by atoms with Gasteiger partial charge in [0.1, 0.15) is 12.4 Å². The van der Waals surface area contributed by atoms with E-state index >= 15 is 0 Å². The van der Waals surface area contributed by atoms with E-state index in [0.717, 1.165) is 12.2 Å². The summed E-state index contributed by atoms with van der Waals surface area (Å²) in [5.74, 6) is -1.10. The van der Waals surface area contributed by atoms with Crippen molar-refractivity contribution in [3.63, 3.8) is 0 Å². The van der Waals surface area contributed by atoms with Crippen LogP contribution in [0.3, 0.4) is 0 Å².